The van der Waals surface area contributed by atoms with Crippen molar-refractivity contribution in [2.24, 2.45) is 0 Å². The quantitative estimate of drug-likeness (QED) is 0.723. The molecule has 0 spiro atoms. The molecule has 94 valence electrons. The lowest BCUT2D eigenvalue weighted by atomic mass is 10.2. The highest BCUT2D eigenvalue weighted by atomic mass is 35.5. The maximum absolute atomic E-state index is 6.08. The lowest BCUT2D eigenvalue weighted by molar-refractivity contribution is 0.485. The summed E-state index contributed by atoms with van der Waals surface area (Å²) in [6.07, 6.45) is 1.56. The third kappa shape index (κ3) is 2.30. The molecule has 5 heteroatoms. The van der Waals surface area contributed by atoms with Crippen LogP contribution in [0.25, 0.3) is 10.9 Å². The van der Waals surface area contributed by atoms with Gasteiger partial charge in [-0.25, -0.2) is 0 Å². The molecule has 4 nitrogen and oxygen atoms in total. The molecule has 0 amide bonds. The van der Waals surface area contributed by atoms with Gasteiger partial charge in [0, 0.05) is 17.1 Å². The highest BCUT2D eigenvalue weighted by Crippen LogP contribution is 2.33. The number of hydrogen-bond acceptors (Lipinski definition) is 4. The first-order valence-corrected chi connectivity index (χ1v) is 6.05. The number of fused-ring (bicyclic) bond motifs is 1. The summed E-state index contributed by atoms with van der Waals surface area (Å²) < 4.78 is 5.79. The monoisotopic (exact) mass is 271 g/mol. The Balaban J connectivity index is 2.08. The third-order valence-electron chi connectivity index (χ3n) is 2.69. The van der Waals surface area contributed by atoms with Crippen LogP contribution in [0.2, 0.25) is 5.02 Å². The van der Waals surface area contributed by atoms with Gasteiger partial charge >= 0.3 is 0 Å². The molecule has 3 rings (SSSR count). The van der Waals surface area contributed by atoms with Gasteiger partial charge in [-0.15, -0.1) is 0 Å². The van der Waals surface area contributed by atoms with Crippen LogP contribution in [0.5, 0.6) is 11.5 Å². The predicted octanol–water partition coefficient (Wildman–Crippen LogP) is 3.66. The lowest BCUT2D eigenvalue weighted by Gasteiger charge is -2.09. The normalized spacial score (nSPS) is 10.6. The van der Waals surface area contributed by atoms with Crippen LogP contribution in [-0.4, -0.2) is 10.2 Å². The molecule has 0 unspecified atom stereocenters. The highest BCUT2D eigenvalue weighted by molar-refractivity contribution is 6.32. The highest BCUT2D eigenvalue weighted by Gasteiger charge is 2.08. The average molecular weight is 272 g/mol. The zero-order valence-electron chi connectivity index (χ0n) is 9.88. The number of ether oxygens (including phenoxy) is 1. The molecule has 1 aromatic heterocycles. The SMILES string of the molecule is Nc1ccc(Cl)c(Oc2cnnc3ccccc23)c1. The number of rotatable bonds is 2. The summed E-state index contributed by atoms with van der Waals surface area (Å²) in [6, 6.07) is 12.7. The van der Waals surface area contributed by atoms with Crippen LogP contribution in [0.3, 0.4) is 0 Å². The van der Waals surface area contributed by atoms with E-state index in [1.165, 1.54) is 0 Å². The summed E-state index contributed by atoms with van der Waals surface area (Å²) in [6.45, 7) is 0. The first-order chi connectivity index (χ1) is 9.24. The van der Waals surface area contributed by atoms with Crippen molar-refractivity contribution in [3.8, 4) is 11.5 Å². The van der Waals surface area contributed by atoms with Gasteiger partial charge in [0.05, 0.1) is 16.7 Å². The Hall–Kier alpha value is -2.33. The molecule has 3 aromatic rings. The fourth-order valence-corrected chi connectivity index (χ4v) is 1.94. The molecule has 1 heterocycles. The number of halogens is 1. The van der Waals surface area contributed by atoms with Gasteiger partial charge in [0.1, 0.15) is 5.75 Å². The van der Waals surface area contributed by atoms with Crippen LogP contribution in [0.4, 0.5) is 5.69 Å². The Labute approximate surface area is 114 Å². The van der Waals surface area contributed by atoms with E-state index in [0.29, 0.717) is 22.2 Å². The Morgan fingerprint density at radius 2 is 1.89 bits per heavy atom. The Morgan fingerprint density at radius 1 is 1.05 bits per heavy atom. The van der Waals surface area contributed by atoms with Crippen molar-refractivity contribution in [2.75, 3.05) is 5.73 Å². The Bertz CT molecular complexity index is 740. The van der Waals surface area contributed by atoms with Gasteiger partial charge in [0.2, 0.25) is 0 Å². The summed E-state index contributed by atoms with van der Waals surface area (Å²) in [5.41, 5.74) is 7.08. The van der Waals surface area contributed by atoms with Crippen LogP contribution in [-0.2, 0) is 0 Å². The number of anilines is 1. The average Bonchev–Trinajstić information content (AvgIpc) is 2.43. The minimum absolute atomic E-state index is 0.495. The van der Waals surface area contributed by atoms with Crippen molar-refractivity contribution in [3.05, 3.63) is 53.7 Å². The van der Waals surface area contributed by atoms with Gasteiger partial charge in [-0.05, 0) is 24.3 Å². The van der Waals surface area contributed by atoms with Gasteiger partial charge in [-0.1, -0.05) is 23.7 Å². The van der Waals surface area contributed by atoms with Crippen LogP contribution in [0, 0.1) is 0 Å². The summed E-state index contributed by atoms with van der Waals surface area (Å²) in [5, 5.41) is 9.31. The molecule has 0 atom stereocenters. The van der Waals surface area contributed by atoms with Crippen LogP contribution in [0.15, 0.2) is 48.7 Å². The molecule has 0 saturated carbocycles. The van der Waals surface area contributed by atoms with Gasteiger partial charge < -0.3 is 10.5 Å². The van der Waals surface area contributed by atoms with Crippen molar-refractivity contribution >= 4 is 28.2 Å². The number of hydrogen-bond donors (Lipinski definition) is 1. The van der Waals surface area contributed by atoms with E-state index in [4.69, 9.17) is 22.1 Å². The molecule has 2 aromatic carbocycles. The number of aromatic nitrogens is 2. The van der Waals surface area contributed by atoms with Crippen molar-refractivity contribution in [1.82, 2.24) is 10.2 Å². The van der Waals surface area contributed by atoms with E-state index < -0.39 is 0 Å². The minimum Gasteiger partial charge on any atom is -0.453 e. The molecule has 0 aliphatic carbocycles. The van der Waals surface area contributed by atoms with E-state index >= 15 is 0 Å². The van der Waals surface area contributed by atoms with Crippen LogP contribution >= 0.6 is 11.6 Å². The smallest absolute Gasteiger partial charge is 0.157 e. The van der Waals surface area contributed by atoms with E-state index in [9.17, 15) is 0 Å². The fourth-order valence-electron chi connectivity index (χ4n) is 1.78. The van der Waals surface area contributed by atoms with E-state index in [-0.39, 0.29) is 0 Å². The number of benzene rings is 2. The zero-order valence-corrected chi connectivity index (χ0v) is 10.6. The second-order valence-corrected chi connectivity index (χ2v) is 4.43. The summed E-state index contributed by atoms with van der Waals surface area (Å²) >= 11 is 6.08. The largest absolute Gasteiger partial charge is 0.453 e. The minimum atomic E-state index is 0.495. The molecule has 19 heavy (non-hydrogen) atoms. The molecular formula is C14H10ClN3O. The van der Waals surface area contributed by atoms with Crippen molar-refractivity contribution in [3.63, 3.8) is 0 Å². The zero-order chi connectivity index (χ0) is 13.2. The van der Waals surface area contributed by atoms with Crippen molar-refractivity contribution < 1.29 is 4.74 Å². The summed E-state index contributed by atoms with van der Waals surface area (Å²) in [4.78, 5) is 0. The molecule has 0 fully saturated rings. The predicted molar refractivity (Wildman–Crippen MR) is 75.5 cm³/mol. The second kappa shape index (κ2) is 4.74. The molecule has 0 aliphatic rings. The van der Waals surface area contributed by atoms with Crippen molar-refractivity contribution in [1.29, 1.82) is 0 Å². The molecule has 0 radical (unpaired) electrons. The molecule has 2 N–H and O–H groups in total. The molecular weight excluding hydrogens is 262 g/mol. The topological polar surface area (TPSA) is 61.0 Å². The van der Waals surface area contributed by atoms with E-state index in [1.54, 1.807) is 24.4 Å². The third-order valence-corrected chi connectivity index (χ3v) is 3.00. The van der Waals surface area contributed by atoms with E-state index in [1.807, 2.05) is 24.3 Å². The number of nitrogen functional groups attached to an aromatic ring is 1. The first-order valence-electron chi connectivity index (χ1n) is 5.67. The standard InChI is InChI=1S/C14H10ClN3O/c15-11-6-5-9(16)7-13(11)19-14-8-17-18-12-4-2-1-3-10(12)14/h1-8H,16H2. The van der Waals surface area contributed by atoms with Gasteiger partial charge in [0.15, 0.2) is 5.75 Å². The fraction of sp³-hybridized carbons (Fsp3) is 0. The summed E-state index contributed by atoms with van der Waals surface area (Å²) in [5.74, 6) is 1.10. The number of nitrogens with zero attached hydrogens (tertiary/aromatic N) is 2. The van der Waals surface area contributed by atoms with Gasteiger partial charge in [0.25, 0.3) is 0 Å². The molecule has 0 bridgehead atoms. The summed E-state index contributed by atoms with van der Waals surface area (Å²) in [7, 11) is 0. The molecule has 0 saturated heterocycles. The second-order valence-electron chi connectivity index (χ2n) is 4.02. The van der Waals surface area contributed by atoms with Crippen LogP contribution in [0.1, 0.15) is 0 Å². The van der Waals surface area contributed by atoms with Crippen LogP contribution < -0.4 is 10.5 Å². The van der Waals surface area contributed by atoms with Gasteiger partial charge in [-0.2, -0.15) is 10.2 Å². The van der Waals surface area contributed by atoms with Crippen molar-refractivity contribution in [2.45, 2.75) is 0 Å². The maximum Gasteiger partial charge on any atom is 0.157 e. The van der Waals surface area contributed by atoms with E-state index in [0.717, 1.165) is 10.9 Å². The van der Waals surface area contributed by atoms with Gasteiger partial charge in [-0.3, -0.25) is 0 Å². The maximum atomic E-state index is 6.08. The Morgan fingerprint density at radius 3 is 2.79 bits per heavy atom. The Kier molecular flexibility index (Phi) is 2.93. The number of nitrogens with two attached hydrogens (primary N) is 1. The van der Waals surface area contributed by atoms with E-state index in [2.05, 4.69) is 10.2 Å². The first kappa shape index (κ1) is 11.7. The lowest BCUT2D eigenvalue weighted by Crippen LogP contribution is -1.92. The molecule has 0 aliphatic heterocycles.